The summed E-state index contributed by atoms with van der Waals surface area (Å²) in [7, 11) is 0. The fourth-order valence-corrected chi connectivity index (χ4v) is 3.18. The van der Waals surface area contributed by atoms with Gasteiger partial charge in [0.25, 0.3) is 0 Å². The van der Waals surface area contributed by atoms with Gasteiger partial charge in [-0.05, 0) is 38.5 Å². The highest BCUT2D eigenvalue weighted by molar-refractivity contribution is 6.31. The minimum absolute atomic E-state index is 0.176. The van der Waals surface area contributed by atoms with Crippen LogP contribution in [-0.2, 0) is 16.1 Å². The fraction of sp³-hybridized carbons (Fsp3) is 0.412. The number of nitrogens with zero attached hydrogens (tertiary/aromatic N) is 2. The number of hydrogen-bond donors (Lipinski definition) is 0. The molecule has 3 rings (SSSR count). The van der Waals surface area contributed by atoms with Gasteiger partial charge in [0.2, 0.25) is 0 Å². The van der Waals surface area contributed by atoms with Gasteiger partial charge in [0, 0.05) is 22.2 Å². The quantitative estimate of drug-likeness (QED) is 0.783. The second kappa shape index (κ2) is 6.32. The van der Waals surface area contributed by atoms with Crippen LogP contribution in [0.25, 0.3) is 0 Å². The van der Waals surface area contributed by atoms with E-state index in [1.165, 1.54) is 6.07 Å². The molecule has 2 aromatic rings. The molecule has 4 nitrogen and oxygen atoms in total. The predicted molar refractivity (Wildman–Crippen MR) is 84.9 cm³/mol. The Morgan fingerprint density at radius 3 is 2.91 bits per heavy atom. The number of ether oxygens (including phenoxy) is 1. The van der Waals surface area contributed by atoms with E-state index in [1.54, 1.807) is 16.8 Å². The number of aromatic nitrogens is 2. The van der Waals surface area contributed by atoms with Crippen LogP contribution in [0.3, 0.4) is 0 Å². The Balaban J connectivity index is 1.54. The van der Waals surface area contributed by atoms with Crippen LogP contribution < -0.4 is 0 Å². The highest BCUT2D eigenvalue weighted by Crippen LogP contribution is 2.51. The Bertz CT molecular complexity index is 724. The summed E-state index contributed by atoms with van der Waals surface area (Å²) < 4.78 is 21.0. The van der Waals surface area contributed by atoms with E-state index in [2.05, 4.69) is 5.10 Å². The van der Waals surface area contributed by atoms with Crippen LogP contribution in [0.15, 0.2) is 24.3 Å². The molecule has 0 N–H and O–H groups in total. The van der Waals surface area contributed by atoms with Gasteiger partial charge in [0.15, 0.2) is 0 Å². The number of hydrogen-bond acceptors (Lipinski definition) is 3. The molecule has 1 aromatic heterocycles. The first-order valence-corrected chi connectivity index (χ1v) is 7.96. The minimum Gasteiger partial charge on any atom is -0.463 e. The maximum absolute atomic E-state index is 13.8. The molecule has 122 valence electrons. The zero-order valence-corrected chi connectivity index (χ0v) is 13.8. The third kappa shape index (κ3) is 3.39. The zero-order valence-electron chi connectivity index (χ0n) is 13.1. The second-order valence-electron chi connectivity index (χ2n) is 5.90. The minimum atomic E-state index is -0.361. The molecule has 0 amide bonds. The lowest BCUT2D eigenvalue weighted by atomic mass is 10.1. The van der Waals surface area contributed by atoms with Gasteiger partial charge in [0.1, 0.15) is 12.4 Å². The van der Waals surface area contributed by atoms with Crippen molar-refractivity contribution in [1.82, 2.24) is 9.78 Å². The van der Waals surface area contributed by atoms with Gasteiger partial charge in [-0.3, -0.25) is 9.48 Å². The number of rotatable bonds is 5. The first-order valence-electron chi connectivity index (χ1n) is 7.59. The van der Waals surface area contributed by atoms with Crippen LogP contribution in [0, 0.1) is 25.6 Å². The molecule has 1 heterocycles. The van der Waals surface area contributed by atoms with Crippen molar-refractivity contribution >= 4 is 17.6 Å². The lowest BCUT2D eigenvalue weighted by molar-refractivity contribution is -0.145. The van der Waals surface area contributed by atoms with Gasteiger partial charge in [-0.25, -0.2) is 4.39 Å². The van der Waals surface area contributed by atoms with Crippen molar-refractivity contribution in [3.05, 3.63) is 52.1 Å². The lowest BCUT2D eigenvalue weighted by Gasteiger charge is -2.07. The highest BCUT2D eigenvalue weighted by Gasteiger charge is 2.47. The standard InChI is InChI=1S/C17H18ClFN2O2/c1-10-8-11(2)21(20-10)6-7-23-17(22)13-9-12(13)16-14(18)4-3-5-15(16)19/h3-5,8,12-13H,6-7,9H2,1-2H3/t12-,13-/m1/s1. The third-order valence-electron chi connectivity index (χ3n) is 4.11. The first-order chi connectivity index (χ1) is 11.0. The largest absolute Gasteiger partial charge is 0.463 e. The van der Waals surface area contributed by atoms with Crippen molar-refractivity contribution in [3.63, 3.8) is 0 Å². The number of carbonyl (C=O) groups is 1. The molecule has 1 aliphatic carbocycles. The summed E-state index contributed by atoms with van der Waals surface area (Å²) in [6.45, 7) is 4.65. The van der Waals surface area contributed by atoms with Gasteiger partial charge >= 0.3 is 5.97 Å². The number of aryl methyl sites for hydroxylation is 2. The highest BCUT2D eigenvalue weighted by atomic mass is 35.5. The van der Waals surface area contributed by atoms with Crippen molar-refractivity contribution in [3.8, 4) is 0 Å². The molecule has 23 heavy (non-hydrogen) atoms. The lowest BCUT2D eigenvalue weighted by Crippen LogP contribution is -2.15. The number of halogens is 2. The van der Waals surface area contributed by atoms with Crippen LogP contribution in [0.1, 0.15) is 29.3 Å². The van der Waals surface area contributed by atoms with Crippen LogP contribution in [0.5, 0.6) is 0 Å². The van der Waals surface area contributed by atoms with Gasteiger partial charge in [-0.2, -0.15) is 5.10 Å². The summed E-state index contributed by atoms with van der Waals surface area (Å²) in [6, 6.07) is 6.54. The van der Waals surface area contributed by atoms with Gasteiger partial charge in [-0.15, -0.1) is 0 Å². The summed E-state index contributed by atoms with van der Waals surface area (Å²) in [4.78, 5) is 12.1. The molecule has 0 bridgehead atoms. The van der Waals surface area contributed by atoms with Crippen LogP contribution in [0.4, 0.5) is 4.39 Å². The summed E-state index contributed by atoms with van der Waals surface area (Å²) >= 11 is 6.03. The molecule has 0 spiro atoms. The van der Waals surface area contributed by atoms with E-state index >= 15 is 0 Å². The average Bonchev–Trinajstić information content (AvgIpc) is 3.19. The van der Waals surface area contributed by atoms with E-state index in [9.17, 15) is 9.18 Å². The monoisotopic (exact) mass is 336 g/mol. The van der Waals surface area contributed by atoms with E-state index < -0.39 is 0 Å². The molecule has 0 radical (unpaired) electrons. The SMILES string of the molecule is Cc1cc(C)n(CCOC(=O)[C@@H]2C[C@H]2c2c(F)cccc2Cl)n1. The maximum Gasteiger partial charge on any atom is 0.309 e. The molecule has 1 saturated carbocycles. The molecule has 0 unspecified atom stereocenters. The predicted octanol–water partition coefficient (Wildman–Crippen LogP) is 3.64. The van der Waals surface area contributed by atoms with E-state index in [0.29, 0.717) is 23.6 Å². The van der Waals surface area contributed by atoms with Crippen molar-refractivity contribution in [2.75, 3.05) is 6.61 Å². The Hall–Kier alpha value is -1.88. The number of esters is 1. The van der Waals surface area contributed by atoms with Crippen molar-refractivity contribution < 1.29 is 13.9 Å². The molecule has 6 heteroatoms. The molecule has 2 atom stereocenters. The third-order valence-corrected chi connectivity index (χ3v) is 4.44. The maximum atomic E-state index is 13.8. The molecule has 1 fully saturated rings. The normalized spacial score (nSPS) is 19.7. The first kappa shape index (κ1) is 16.0. The van der Waals surface area contributed by atoms with Gasteiger partial charge in [0.05, 0.1) is 18.2 Å². The smallest absolute Gasteiger partial charge is 0.309 e. The van der Waals surface area contributed by atoms with Gasteiger partial charge < -0.3 is 4.74 Å². The fourth-order valence-electron chi connectivity index (χ4n) is 2.88. The Kier molecular flexibility index (Phi) is 4.39. The summed E-state index contributed by atoms with van der Waals surface area (Å²) in [5, 5.41) is 4.68. The Morgan fingerprint density at radius 1 is 1.48 bits per heavy atom. The Labute approximate surface area is 139 Å². The van der Waals surface area contributed by atoms with E-state index in [0.717, 1.165) is 11.4 Å². The van der Waals surface area contributed by atoms with E-state index in [1.807, 2.05) is 19.9 Å². The zero-order chi connectivity index (χ0) is 16.6. The van der Waals surface area contributed by atoms with Crippen molar-refractivity contribution in [1.29, 1.82) is 0 Å². The number of carbonyl (C=O) groups excluding carboxylic acids is 1. The van der Waals surface area contributed by atoms with Gasteiger partial charge in [-0.1, -0.05) is 17.7 Å². The van der Waals surface area contributed by atoms with Crippen LogP contribution >= 0.6 is 11.6 Å². The molecule has 0 aliphatic heterocycles. The topological polar surface area (TPSA) is 44.1 Å². The van der Waals surface area contributed by atoms with E-state index in [-0.39, 0.29) is 30.2 Å². The Morgan fingerprint density at radius 2 is 2.26 bits per heavy atom. The summed E-state index contributed by atoms with van der Waals surface area (Å²) in [5.41, 5.74) is 2.39. The van der Waals surface area contributed by atoms with Crippen LogP contribution in [-0.4, -0.2) is 22.4 Å². The van der Waals surface area contributed by atoms with E-state index in [4.69, 9.17) is 16.3 Å². The molecular formula is C17H18ClFN2O2. The average molecular weight is 337 g/mol. The van der Waals surface area contributed by atoms with Crippen molar-refractivity contribution in [2.45, 2.75) is 32.7 Å². The molecule has 1 aromatic carbocycles. The van der Waals surface area contributed by atoms with Crippen LogP contribution in [0.2, 0.25) is 5.02 Å². The summed E-state index contributed by atoms with van der Waals surface area (Å²) in [6.07, 6.45) is 0.583. The molecule has 1 aliphatic rings. The van der Waals surface area contributed by atoms with Crippen molar-refractivity contribution in [2.24, 2.45) is 5.92 Å². The second-order valence-corrected chi connectivity index (χ2v) is 6.31. The number of benzene rings is 1. The summed E-state index contributed by atoms with van der Waals surface area (Å²) in [5.74, 6) is -1.13. The molecular weight excluding hydrogens is 319 g/mol. The molecule has 0 saturated heterocycles.